The van der Waals surface area contributed by atoms with Crippen LogP contribution in [0.2, 0.25) is 0 Å². The molecule has 0 rings (SSSR count). The minimum Gasteiger partial charge on any atom is -0.368 e. The van der Waals surface area contributed by atoms with Crippen molar-refractivity contribution in [3.63, 3.8) is 0 Å². The number of primary amides is 1. The van der Waals surface area contributed by atoms with Gasteiger partial charge in [-0.25, -0.2) is 0 Å². The van der Waals surface area contributed by atoms with Gasteiger partial charge in [0.05, 0.1) is 6.04 Å². The van der Waals surface area contributed by atoms with Crippen molar-refractivity contribution in [1.29, 1.82) is 0 Å². The fourth-order valence-electron chi connectivity index (χ4n) is 0.965. The van der Waals surface area contributed by atoms with Crippen LogP contribution in [0.3, 0.4) is 0 Å². The van der Waals surface area contributed by atoms with E-state index in [1.807, 2.05) is 13.8 Å². The van der Waals surface area contributed by atoms with Gasteiger partial charge in [-0.15, -0.1) is 0 Å². The summed E-state index contributed by atoms with van der Waals surface area (Å²) in [5.74, 6) is -0.839. The number of nitrogens with one attached hydrogen (secondary N) is 1. The number of carbonyl (C=O) groups is 2. The first-order valence-corrected chi connectivity index (χ1v) is 5.09. The van der Waals surface area contributed by atoms with E-state index in [2.05, 4.69) is 5.32 Å². The molecule has 0 fully saturated rings. The maximum Gasteiger partial charge on any atom is 0.242 e. The molecule has 88 valence electrons. The van der Waals surface area contributed by atoms with Crippen LogP contribution in [-0.2, 0) is 9.59 Å². The molecule has 0 aromatic carbocycles. The fourth-order valence-corrected chi connectivity index (χ4v) is 0.965. The van der Waals surface area contributed by atoms with E-state index < -0.39 is 17.5 Å². The number of hydrogen-bond donors (Lipinski definition) is 3. The minimum absolute atomic E-state index is 0.0775. The highest BCUT2D eigenvalue weighted by Gasteiger charge is 2.30. The van der Waals surface area contributed by atoms with Crippen molar-refractivity contribution in [3.05, 3.63) is 0 Å². The van der Waals surface area contributed by atoms with Crippen molar-refractivity contribution in [2.75, 3.05) is 0 Å². The van der Waals surface area contributed by atoms with E-state index >= 15 is 0 Å². The molecule has 0 heterocycles. The summed E-state index contributed by atoms with van der Waals surface area (Å²) in [6.45, 7) is 6.95. The van der Waals surface area contributed by atoms with E-state index in [4.69, 9.17) is 11.5 Å². The van der Waals surface area contributed by atoms with Crippen LogP contribution >= 0.6 is 0 Å². The van der Waals surface area contributed by atoms with Crippen LogP contribution in [0.4, 0.5) is 0 Å². The topological polar surface area (TPSA) is 98.2 Å². The van der Waals surface area contributed by atoms with E-state index in [1.54, 1.807) is 13.8 Å². The number of hydrogen-bond acceptors (Lipinski definition) is 3. The summed E-state index contributed by atoms with van der Waals surface area (Å²) in [7, 11) is 0. The Balaban J connectivity index is 4.43. The quantitative estimate of drug-likeness (QED) is 0.589. The molecule has 2 atom stereocenters. The first-order valence-electron chi connectivity index (χ1n) is 5.09. The Bertz CT molecular complexity index is 251. The maximum absolute atomic E-state index is 11.6. The van der Waals surface area contributed by atoms with Crippen LogP contribution in [-0.4, -0.2) is 23.4 Å². The molecule has 0 aromatic rings. The zero-order valence-corrected chi connectivity index (χ0v) is 9.83. The third-order valence-electron chi connectivity index (χ3n) is 2.61. The number of nitrogens with two attached hydrogens (primary N) is 2. The highest BCUT2D eigenvalue weighted by Crippen LogP contribution is 2.07. The SMILES string of the molecule is CCC(C)C(N)C(=O)NC(C)(C)C(N)=O. The number of rotatable bonds is 5. The minimum atomic E-state index is -1.05. The summed E-state index contributed by atoms with van der Waals surface area (Å²) in [5, 5.41) is 2.53. The van der Waals surface area contributed by atoms with Crippen molar-refractivity contribution < 1.29 is 9.59 Å². The van der Waals surface area contributed by atoms with Crippen LogP contribution in [0.1, 0.15) is 34.1 Å². The molecule has 0 aliphatic heterocycles. The molecule has 5 nitrogen and oxygen atoms in total. The van der Waals surface area contributed by atoms with Crippen molar-refractivity contribution in [2.24, 2.45) is 17.4 Å². The molecule has 2 unspecified atom stereocenters. The predicted molar refractivity (Wildman–Crippen MR) is 58.8 cm³/mol. The largest absolute Gasteiger partial charge is 0.368 e. The van der Waals surface area contributed by atoms with Gasteiger partial charge in [-0.05, 0) is 19.8 Å². The summed E-state index contributed by atoms with van der Waals surface area (Å²) in [5.41, 5.74) is 9.79. The Morgan fingerprint density at radius 1 is 1.40 bits per heavy atom. The van der Waals surface area contributed by atoms with Crippen LogP contribution in [0.5, 0.6) is 0 Å². The molecular formula is C10H21N3O2. The maximum atomic E-state index is 11.6. The number of amides is 2. The molecule has 0 aliphatic rings. The molecule has 0 aliphatic carbocycles. The molecule has 0 radical (unpaired) electrons. The third-order valence-corrected chi connectivity index (χ3v) is 2.61. The van der Waals surface area contributed by atoms with Crippen LogP contribution in [0.25, 0.3) is 0 Å². The normalized spacial score (nSPS) is 15.5. The Morgan fingerprint density at radius 2 is 1.87 bits per heavy atom. The second-order valence-corrected chi connectivity index (χ2v) is 4.39. The Hall–Kier alpha value is -1.10. The smallest absolute Gasteiger partial charge is 0.242 e. The Morgan fingerprint density at radius 3 is 2.20 bits per heavy atom. The summed E-state index contributed by atoms with van der Waals surface area (Å²) < 4.78 is 0. The fraction of sp³-hybridized carbons (Fsp3) is 0.800. The van der Waals surface area contributed by atoms with E-state index in [9.17, 15) is 9.59 Å². The first kappa shape index (κ1) is 13.9. The van der Waals surface area contributed by atoms with E-state index in [0.29, 0.717) is 0 Å². The lowest BCUT2D eigenvalue weighted by molar-refractivity contribution is -0.131. The van der Waals surface area contributed by atoms with Gasteiger partial charge in [-0.3, -0.25) is 9.59 Å². The summed E-state index contributed by atoms with van der Waals surface area (Å²) >= 11 is 0. The predicted octanol–water partition coefficient (Wildman–Crippen LogP) is -0.260. The van der Waals surface area contributed by atoms with Gasteiger partial charge in [0.25, 0.3) is 0 Å². The van der Waals surface area contributed by atoms with E-state index in [1.165, 1.54) is 0 Å². The number of carbonyl (C=O) groups excluding carboxylic acids is 2. The van der Waals surface area contributed by atoms with Crippen LogP contribution < -0.4 is 16.8 Å². The lowest BCUT2D eigenvalue weighted by Crippen LogP contribution is -2.57. The molecule has 0 aromatic heterocycles. The molecule has 0 saturated carbocycles. The van der Waals surface area contributed by atoms with Gasteiger partial charge in [-0.1, -0.05) is 20.3 Å². The molecule has 0 saturated heterocycles. The monoisotopic (exact) mass is 215 g/mol. The van der Waals surface area contributed by atoms with Crippen molar-refractivity contribution >= 4 is 11.8 Å². The molecule has 5 N–H and O–H groups in total. The zero-order chi connectivity index (χ0) is 12.2. The molecule has 2 amide bonds. The van der Waals surface area contributed by atoms with Gasteiger partial charge in [0.2, 0.25) is 11.8 Å². The lowest BCUT2D eigenvalue weighted by atomic mass is 9.97. The average molecular weight is 215 g/mol. The third kappa shape index (κ3) is 3.87. The second-order valence-electron chi connectivity index (χ2n) is 4.39. The lowest BCUT2D eigenvalue weighted by Gasteiger charge is -2.26. The van der Waals surface area contributed by atoms with Crippen molar-refractivity contribution in [2.45, 2.75) is 45.7 Å². The van der Waals surface area contributed by atoms with Gasteiger partial charge in [-0.2, -0.15) is 0 Å². The molecule has 0 spiro atoms. The van der Waals surface area contributed by atoms with Crippen molar-refractivity contribution in [1.82, 2.24) is 5.32 Å². The average Bonchev–Trinajstić information content (AvgIpc) is 2.14. The zero-order valence-electron chi connectivity index (χ0n) is 9.83. The van der Waals surface area contributed by atoms with Gasteiger partial charge < -0.3 is 16.8 Å². The summed E-state index contributed by atoms with van der Waals surface area (Å²) in [4.78, 5) is 22.6. The molecular weight excluding hydrogens is 194 g/mol. The van der Waals surface area contributed by atoms with E-state index in [-0.39, 0.29) is 11.8 Å². The van der Waals surface area contributed by atoms with E-state index in [0.717, 1.165) is 6.42 Å². The Kier molecular flexibility index (Phi) is 4.74. The molecule has 5 heteroatoms. The second kappa shape index (κ2) is 5.11. The van der Waals surface area contributed by atoms with Crippen molar-refractivity contribution in [3.8, 4) is 0 Å². The van der Waals surface area contributed by atoms with Gasteiger partial charge in [0, 0.05) is 0 Å². The summed E-state index contributed by atoms with van der Waals surface area (Å²) in [6, 6.07) is -0.603. The van der Waals surface area contributed by atoms with Gasteiger partial charge in [0.1, 0.15) is 5.54 Å². The summed E-state index contributed by atoms with van der Waals surface area (Å²) in [6.07, 6.45) is 0.811. The highest BCUT2D eigenvalue weighted by molar-refractivity contribution is 5.91. The first-order chi connectivity index (χ1) is 6.72. The van der Waals surface area contributed by atoms with Crippen LogP contribution in [0, 0.1) is 5.92 Å². The Labute approximate surface area is 90.6 Å². The highest BCUT2D eigenvalue weighted by atomic mass is 16.2. The van der Waals surface area contributed by atoms with Gasteiger partial charge >= 0.3 is 0 Å². The van der Waals surface area contributed by atoms with Gasteiger partial charge in [0.15, 0.2) is 0 Å². The molecule has 0 bridgehead atoms. The molecule has 15 heavy (non-hydrogen) atoms. The standard InChI is InChI=1S/C10H21N3O2/c1-5-6(2)7(11)8(14)13-10(3,4)9(12)15/h6-7H,5,11H2,1-4H3,(H2,12,15)(H,13,14). The van der Waals surface area contributed by atoms with Crippen LogP contribution in [0.15, 0.2) is 0 Å².